The summed E-state index contributed by atoms with van der Waals surface area (Å²) in [6.07, 6.45) is 10.4. The second-order valence-electron chi connectivity index (χ2n) is 3.66. The average Bonchev–Trinajstić information content (AvgIpc) is 2.01. The zero-order valence-corrected chi connectivity index (χ0v) is 10.8. The fraction of sp³-hybridized carbons (Fsp3) is 1.00. The lowest BCUT2D eigenvalue weighted by Crippen LogP contribution is -2.01. The van der Waals surface area contributed by atoms with Crippen LogP contribution in [-0.4, -0.2) is 29.3 Å². The van der Waals surface area contributed by atoms with Gasteiger partial charge in [-0.15, -0.1) is 0 Å². The lowest BCUT2D eigenvalue weighted by molar-refractivity contribution is 0.504. The zero-order chi connectivity index (χ0) is 11.9. The summed E-state index contributed by atoms with van der Waals surface area (Å²) >= 11 is 0. The molecular formula is C8H18NO4S2-. The van der Waals surface area contributed by atoms with E-state index in [2.05, 4.69) is 4.13 Å². The number of rotatable bonds is 2. The van der Waals surface area contributed by atoms with Crippen molar-refractivity contribution in [3.63, 3.8) is 0 Å². The maximum absolute atomic E-state index is 10.1. The summed E-state index contributed by atoms with van der Waals surface area (Å²) in [7, 11) is -7.49. The molecule has 1 saturated carbocycles. The first-order valence-corrected chi connectivity index (χ1v) is 8.54. The highest BCUT2D eigenvalue weighted by molar-refractivity contribution is 8.11. The molecule has 92 valence electrons. The number of nitrogens with zero attached hydrogens (tertiary/aromatic N) is 1. The molecule has 0 bridgehead atoms. The molecule has 0 aromatic carbocycles. The van der Waals surface area contributed by atoms with E-state index >= 15 is 0 Å². The molecule has 1 aliphatic carbocycles. The molecular weight excluding hydrogens is 238 g/mol. The minimum atomic E-state index is -3.74. The molecule has 1 aliphatic rings. The standard InChI is InChI=1S/C6H12.C2H6NO4S2/c1-2-4-6-5-3-1;1-8(4,5)3-9(2,6)7/h1-6H2;1-2H3/q;-1. The zero-order valence-electron chi connectivity index (χ0n) is 9.14. The molecule has 0 aromatic rings. The Morgan fingerprint density at radius 2 is 0.867 bits per heavy atom. The number of sulfonamides is 2. The normalized spacial score (nSPS) is 17.7. The summed E-state index contributed by atoms with van der Waals surface area (Å²) in [6.45, 7) is 0. The minimum absolute atomic E-state index is 0.716. The van der Waals surface area contributed by atoms with Gasteiger partial charge in [-0.05, 0) is 0 Å². The van der Waals surface area contributed by atoms with E-state index in [0.717, 1.165) is 0 Å². The topological polar surface area (TPSA) is 82.4 Å². The van der Waals surface area contributed by atoms with Crippen molar-refractivity contribution in [3.05, 3.63) is 4.13 Å². The van der Waals surface area contributed by atoms with E-state index in [1.54, 1.807) is 0 Å². The van der Waals surface area contributed by atoms with Gasteiger partial charge in [0, 0.05) is 12.5 Å². The number of hydrogen-bond donors (Lipinski definition) is 0. The molecule has 0 unspecified atom stereocenters. The van der Waals surface area contributed by atoms with Crippen molar-refractivity contribution in [2.45, 2.75) is 38.5 Å². The summed E-state index contributed by atoms with van der Waals surface area (Å²) in [6, 6.07) is 0. The van der Waals surface area contributed by atoms with Crippen LogP contribution in [0.4, 0.5) is 0 Å². The molecule has 0 aromatic heterocycles. The first-order valence-electron chi connectivity index (χ1n) is 4.85. The van der Waals surface area contributed by atoms with Crippen molar-refractivity contribution in [1.29, 1.82) is 0 Å². The maximum Gasteiger partial charge on any atom is 0.0801 e. The molecule has 0 heterocycles. The Labute approximate surface area is 92.4 Å². The van der Waals surface area contributed by atoms with Crippen LogP contribution in [0.25, 0.3) is 4.13 Å². The fourth-order valence-electron chi connectivity index (χ4n) is 1.31. The number of hydrogen-bond acceptors (Lipinski definition) is 4. The second-order valence-corrected chi connectivity index (χ2v) is 7.19. The van der Waals surface area contributed by atoms with Gasteiger partial charge in [0.25, 0.3) is 0 Å². The van der Waals surface area contributed by atoms with Crippen LogP contribution in [0.2, 0.25) is 0 Å². The molecule has 0 atom stereocenters. The van der Waals surface area contributed by atoms with Crippen LogP contribution in [0, 0.1) is 0 Å². The molecule has 0 radical (unpaired) electrons. The van der Waals surface area contributed by atoms with Crippen LogP contribution in [-0.2, 0) is 20.0 Å². The Kier molecular flexibility index (Phi) is 6.38. The second kappa shape index (κ2) is 6.44. The molecule has 15 heavy (non-hydrogen) atoms. The molecule has 7 heteroatoms. The summed E-state index contributed by atoms with van der Waals surface area (Å²) in [5.74, 6) is 0. The van der Waals surface area contributed by atoms with Crippen LogP contribution in [0.3, 0.4) is 0 Å². The van der Waals surface area contributed by atoms with E-state index in [0.29, 0.717) is 12.5 Å². The van der Waals surface area contributed by atoms with E-state index in [-0.39, 0.29) is 0 Å². The van der Waals surface area contributed by atoms with Crippen LogP contribution < -0.4 is 0 Å². The van der Waals surface area contributed by atoms with Gasteiger partial charge in [0.1, 0.15) is 0 Å². The third kappa shape index (κ3) is 13.9. The monoisotopic (exact) mass is 256 g/mol. The van der Waals surface area contributed by atoms with Crippen molar-refractivity contribution in [2.75, 3.05) is 12.5 Å². The first kappa shape index (κ1) is 14.9. The van der Waals surface area contributed by atoms with Gasteiger partial charge in [-0.25, -0.2) is 16.8 Å². The summed E-state index contributed by atoms with van der Waals surface area (Å²) in [5.41, 5.74) is 0. The van der Waals surface area contributed by atoms with E-state index in [1.807, 2.05) is 0 Å². The predicted molar refractivity (Wildman–Crippen MR) is 60.7 cm³/mol. The molecule has 0 saturated heterocycles. The molecule has 1 fully saturated rings. The molecule has 0 spiro atoms. The van der Waals surface area contributed by atoms with Crippen molar-refractivity contribution >= 4 is 20.0 Å². The van der Waals surface area contributed by atoms with E-state index in [9.17, 15) is 16.8 Å². The van der Waals surface area contributed by atoms with Crippen LogP contribution in [0.5, 0.6) is 0 Å². The van der Waals surface area contributed by atoms with Gasteiger partial charge in [-0.3, -0.25) is 0 Å². The van der Waals surface area contributed by atoms with Crippen molar-refractivity contribution < 1.29 is 16.8 Å². The van der Waals surface area contributed by atoms with Crippen LogP contribution in [0.1, 0.15) is 38.5 Å². The Morgan fingerprint density at radius 3 is 0.933 bits per heavy atom. The average molecular weight is 256 g/mol. The largest absolute Gasteiger partial charge is 0.437 e. The summed E-state index contributed by atoms with van der Waals surface area (Å²) in [4.78, 5) is 0. The van der Waals surface area contributed by atoms with Crippen molar-refractivity contribution in [1.82, 2.24) is 0 Å². The maximum atomic E-state index is 10.1. The fourth-order valence-corrected chi connectivity index (χ4v) is 3.27. The molecule has 1 rings (SSSR count). The molecule has 0 N–H and O–H groups in total. The Hall–Kier alpha value is -0.140. The van der Waals surface area contributed by atoms with E-state index < -0.39 is 20.0 Å². The third-order valence-electron chi connectivity index (χ3n) is 1.77. The Morgan fingerprint density at radius 1 is 0.667 bits per heavy atom. The Balaban J connectivity index is 0.000000280. The van der Waals surface area contributed by atoms with Gasteiger partial charge in [0.15, 0.2) is 0 Å². The van der Waals surface area contributed by atoms with E-state index in [1.165, 1.54) is 38.5 Å². The molecule has 5 nitrogen and oxygen atoms in total. The lowest BCUT2D eigenvalue weighted by atomic mass is 10.0. The predicted octanol–water partition coefficient (Wildman–Crippen LogP) is 1.62. The van der Waals surface area contributed by atoms with Crippen molar-refractivity contribution in [3.8, 4) is 0 Å². The highest BCUT2D eigenvalue weighted by atomic mass is 32.3. The molecule has 0 amide bonds. The van der Waals surface area contributed by atoms with E-state index in [4.69, 9.17) is 0 Å². The SMILES string of the molecule is C1CCCCC1.CS(=O)(=O)[N-]S(C)(=O)=O. The van der Waals surface area contributed by atoms with Crippen LogP contribution >= 0.6 is 0 Å². The highest BCUT2D eigenvalue weighted by Crippen LogP contribution is 2.15. The highest BCUT2D eigenvalue weighted by Gasteiger charge is 1.95. The van der Waals surface area contributed by atoms with Gasteiger partial charge in [0.05, 0.1) is 20.0 Å². The van der Waals surface area contributed by atoms with Crippen LogP contribution in [0.15, 0.2) is 0 Å². The van der Waals surface area contributed by atoms with Gasteiger partial charge < -0.3 is 4.13 Å². The lowest BCUT2D eigenvalue weighted by Gasteiger charge is -2.11. The van der Waals surface area contributed by atoms with Gasteiger partial charge in [-0.2, -0.15) is 0 Å². The Bertz CT molecular complexity index is 313. The summed E-state index contributed by atoms with van der Waals surface area (Å²) in [5, 5.41) is 0. The van der Waals surface area contributed by atoms with Gasteiger partial charge in [0.2, 0.25) is 0 Å². The summed E-state index contributed by atoms with van der Waals surface area (Å²) < 4.78 is 42.9. The molecule has 0 aliphatic heterocycles. The third-order valence-corrected chi connectivity index (χ3v) is 3.94. The van der Waals surface area contributed by atoms with Gasteiger partial charge in [-0.1, -0.05) is 38.5 Å². The quantitative estimate of drug-likeness (QED) is 0.751. The smallest absolute Gasteiger partial charge is 0.0801 e. The van der Waals surface area contributed by atoms with Gasteiger partial charge >= 0.3 is 0 Å². The first-order chi connectivity index (χ1) is 6.71. The minimum Gasteiger partial charge on any atom is -0.437 e. The van der Waals surface area contributed by atoms with Crippen molar-refractivity contribution in [2.24, 2.45) is 0 Å².